The highest BCUT2D eigenvalue weighted by Crippen LogP contribution is 2.25. The van der Waals surface area contributed by atoms with E-state index < -0.39 is 11.2 Å². The van der Waals surface area contributed by atoms with Gasteiger partial charge in [-0.2, -0.15) is 5.10 Å². The van der Waals surface area contributed by atoms with E-state index in [1.807, 2.05) is 18.2 Å². The molecule has 1 amide bonds. The van der Waals surface area contributed by atoms with Crippen LogP contribution in [0.3, 0.4) is 0 Å². The van der Waals surface area contributed by atoms with Gasteiger partial charge in [0.25, 0.3) is 0 Å². The Balaban J connectivity index is 1.63. The van der Waals surface area contributed by atoms with Gasteiger partial charge in [-0.05, 0) is 12.1 Å². The standard InChI is InChI=1S/C16H17BrN4O4S/c17-12-7-11(21-3-5-25-6-4-21)2-1-10(12)9-18-20-16-19-15(24)13(26-16)8-14(22)23/h1-2,7,9,13H,3-6,8H2,(H,22,23)(H,19,20,24). The lowest BCUT2D eigenvalue weighted by molar-refractivity contribution is -0.138. The fraction of sp³-hybridized carbons (Fsp3) is 0.375. The van der Waals surface area contributed by atoms with Crippen LogP contribution in [-0.4, -0.2) is 59.9 Å². The zero-order valence-electron chi connectivity index (χ0n) is 13.7. The van der Waals surface area contributed by atoms with Crippen LogP contribution in [0.15, 0.2) is 32.9 Å². The van der Waals surface area contributed by atoms with Crippen molar-refractivity contribution in [2.24, 2.45) is 10.2 Å². The molecule has 1 aromatic carbocycles. The van der Waals surface area contributed by atoms with Crippen LogP contribution in [0.4, 0.5) is 5.69 Å². The Morgan fingerprint density at radius 2 is 2.23 bits per heavy atom. The molecule has 0 aliphatic carbocycles. The second kappa shape index (κ2) is 8.65. The van der Waals surface area contributed by atoms with E-state index in [1.54, 1.807) is 6.21 Å². The molecule has 10 heteroatoms. The molecule has 138 valence electrons. The molecule has 2 aliphatic heterocycles. The molecule has 2 saturated heterocycles. The maximum atomic E-state index is 11.6. The molecule has 26 heavy (non-hydrogen) atoms. The van der Waals surface area contributed by atoms with Gasteiger partial charge in [0.1, 0.15) is 5.25 Å². The van der Waals surface area contributed by atoms with Gasteiger partial charge in [-0.3, -0.25) is 9.59 Å². The van der Waals surface area contributed by atoms with E-state index >= 15 is 0 Å². The Bertz CT molecular complexity index is 765. The number of anilines is 1. The Hall–Kier alpha value is -1.91. The first-order valence-electron chi connectivity index (χ1n) is 7.95. The molecule has 1 unspecified atom stereocenters. The van der Waals surface area contributed by atoms with E-state index in [0.717, 1.165) is 53.8 Å². The lowest BCUT2D eigenvalue weighted by Gasteiger charge is -2.29. The van der Waals surface area contributed by atoms with Crippen molar-refractivity contribution >= 4 is 56.6 Å². The number of carbonyl (C=O) groups excluding carboxylic acids is 1. The third-order valence-corrected chi connectivity index (χ3v) is 5.60. The first-order chi connectivity index (χ1) is 12.5. The van der Waals surface area contributed by atoms with Crippen molar-refractivity contribution in [3.8, 4) is 0 Å². The van der Waals surface area contributed by atoms with E-state index in [0.29, 0.717) is 5.17 Å². The van der Waals surface area contributed by atoms with Crippen LogP contribution in [0, 0.1) is 0 Å². The van der Waals surface area contributed by atoms with Gasteiger partial charge in [0.2, 0.25) is 5.91 Å². The van der Waals surface area contributed by atoms with Crippen LogP contribution in [0.5, 0.6) is 0 Å². The molecule has 0 saturated carbocycles. The van der Waals surface area contributed by atoms with Crippen LogP contribution in [0.1, 0.15) is 12.0 Å². The SMILES string of the molecule is O=C(O)CC1SC(=NN=Cc2ccc(N3CCOCC3)cc2Br)NC1=O. The summed E-state index contributed by atoms with van der Waals surface area (Å²) < 4.78 is 6.25. The smallest absolute Gasteiger partial charge is 0.305 e. The second-order valence-corrected chi connectivity index (χ2v) is 7.69. The van der Waals surface area contributed by atoms with Crippen LogP contribution in [0.25, 0.3) is 0 Å². The number of nitrogens with zero attached hydrogens (tertiary/aromatic N) is 3. The Kier molecular flexibility index (Phi) is 6.28. The maximum absolute atomic E-state index is 11.6. The van der Waals surface area contributed by atoms with Crippen molar-refractivity contribution in [3.63, 3.8) is 0 Å². The molecule has 1 aromatic rings. The molecule has 2 aliphatic rings. The quantitative estimate of drug-likeness (QED) is 0.533. The number of hydrogen-bond acceptors (Lipinski definition) is 7. The van der Waals surface area contributed by atoms with Crippen LogP contribution in [0.2, 0.25) is 0 Å². The number of carboxylic acid groups (broad SMARTS) is 1. The predicted octanol–water partition coefficient (Wildman–Crippen LogP) is 1.68. The van der Waals surface area contributed by atoms with Gasteiger partial charge in [0, 0.05) is 28.8 Å². The highest BCUT2D eigenvalue weighted by Gasteiger charge is 2.32. The number of aliphatic carboxylic acids is 1. The minimum absolute atomic E-state index is 0.242. The Labute approximate surface area is 162 Å². The first kappa shape index (κ1) is 18.9. The largest absolute Gasteiger partial charge is 0.481 e. The zero-order valence-corrected chi connectivity index (χ0v) is 16.1. The normalized spacial score (nSPS) is 22.2. The van der Waals surface area contributed by atoms with Gasteiger partial charge in [-0.15, -0.1) is 5.10 Å². The minimum Gasteiger partial charge on any atom is -0.481 e. The van der Waals surface area contributed by atoms with E-state index in [1.165, 1.54) is 0 Å². The summed E-state index contributed by atoms with van der Waals surface area (Å²) in [5, 5.41) is 18.9. The van der Waals surface area contributed by atoms with Gasteiger partial charge in [-0.1, -0.05) is 33.8 Å². The molecule has 2 N–H and O–H groups in total. The van der Waals surface area contributed by atoms with Gasteiger partial charge in [-0.25, -0.2) is 0 Å². The number of thioether (sulfide) groups is 1. The summed E-state index contributed by atoms with van der Waals surface area (Å²) in [6.07, 6.45) is 1.34. The third-order valence-electron chi connectivity index (χ3n) is 3.84. The molecule has 2 fully saturated rings. The molecule has 0 radical (unpaired) electrons. The van der Waals surface area contributed by atoms with Gasteiger partial charge in [0.05, 0.1) is 25.8 Å². The topological polar surface area (TPSA) is 104 Å². The highest BCUT2D eigenvalue weighted by atomic mass is 79.9. The number of carbonyl (C=O) groups is 2. The van der Waals surface area contributed by atoms with E-state index in [-0.39, 0.29) is 12.3 Å². The average molecular weight is 441 g/mol. The molecule has 0 aromatic heterocycles. The van der Waals surface area contributed by atoms with Crippen molar-refractivity contribution in [2.75, 3.05) is 31.2 Å². The van der Waals surface area contributed by atoms with Crippen LogP contribution in [-0.2, 0) is 14.3 Å². The summed E-state index contributed by atoms with van der Waals surface area (Å²) in [5.74, 6) is -1.38. The van der Waals surface area contributed by atoms with Crippen molar-refractivity contribution in [1.82, 2.24) is 5.32 Å². The van der Waals surface area contributed by atoms with E-state index in [9.17, 15) is 9.59 Å². The predicted molar refractivity (Wildman–Crippen MR) is 104 cm³/mol. The lowest BCUT2D eigenvalue weighted by Crippen LogP contribution is -2.36. The molecule has 3 rings (SSSR count). The molecular weight excluding hydrogens is 424 g/mol. The molecule has 0 bridgehead atoms. The third kappa shape index (κ3) is 4.83. The number of ether oxygens (including phenoxy) is 1. The minimum atomic E-state index is -1.02. The number of benzene rings is 1. The number of rotatable bonds is 5. The van der Waals surface area contributed by atoms with Crippen molar-refractivity contribution in [1.29, 1.82) is 0 Å². The molecule has 8 nitrogen and oxygen atoms in total. The summed E-state index contributed by atoms with van der Waals surface area (Å²) in [4.78, 5) is 24.6. The van der Waals surface area contributed by atoms with Crippen molar-refractivity contribution < 1.29 is 19.4 Å². The number of halogens is 1. The average Bonchev–Trinajstić information content (AvgIpc) is 2.96. The van der Waals surface area contributed by atoms with E-state index in [4.69, 9.17) is 9.84 Å². The molecule has 0 spiro atoms. The summed E-state index contributed by atoms with van der Waals surface area (Å²) in [7, 11) is 0. The van der Waals surface area contributed by atoms with Gasteiger partial charge < -0.3 is 20.1 Å². The summed E-state index contributed by atoms with van der Waals surface area (Å²) >= 11 is 4.61. The van der Waals surface area contributed by atoms with Crippen molar-refractivity contribution in [3.05, 3.63) is 28.2 Å². The van der Waals surface area contributed by atoms with Gasteiger partial charge in [0.15, 0.2) is 5.17 Å². The first-order valence-corrected chi connectivity index (χ1v) is 9.63. The molecule has 1 atom stereocenters. The number of amidine groups is 1. The summed E-state index contributed by atoms with van der Waals surface area (Å²) in [6.45, 7) is 3.18. The lowest BCUT2D eigenvalue weighted by atomic mass is 10.2. The van der Waals surface area contributed by atoms with Crippen LogP contribution < -0.4 is 10.2 Å². The Morgan fingerprint density at radius 3 is 2.92 bits per heavy atom. The monoisotopic (exact) mass is 440 g/mol. The number of amides is 1. The number of carboxylic acids is 1. The Morgan fingerprint density at radius 1 is 1.46 bits per heavy atom. The second-order valence-electron chi connectivity index (χ2n) is 5.65. The fourth-order valence-corrected chi connectivity index (χ4v) is 3.91. The fourth-order valence-electron chi connectivity index (χ4n) is 2.53. The van der Waals surface area contributed by atoms with Crippen LogP contribution >= 0.6 is 27.7 Å². The molecule has 2 heterocycles. The number of morpholine rings is 1. The molecular formula is C16H17BrN4O4S. The summed E-state index contributed by atoms with van der Waals surface area (Å²) in [6, 6.07) is 5.97. The highest BCUT2D eigenvalue weighted by molar-refractivity contribution is 9.10. The maximum Gasteiger partial charge on any atom is 0.305 e. The van der Waals surface area contributed by atoms with Gasteiger partial charge >= 0.3 is 5.97 Å². The number of hydrogen-bond donors (Lipinski definition) is 2. The summed E-state index contributed by atoms with van der Waals surface area (Å²) in [5.41, 5.74) is 1.96. The zero-order chi connectivity index (χ0) is 18.5. The van der Waals surface area contributed by atoms with E-state index in [2.05, 4.69) is 36.3 Å². The van der Waals surface area contributed by atoms with Crippen molar-refractivity contribution in [2.45, 2.75) is 11.7 Å². The number of nitrogens with one attached hydrogen (secondary N) is 1.